The molecule has 0 spiro atoms. The Balaban J connectivity index is 2.43. The van der Waals surface area contributed by atoms with Crippen molar-refractivity contribution in [2.24, 2.45) is 0 Å². The summed E-state index contributed by atoms with van der Waals surface area (Å²) in [5.74, 6) is -0.114. The standard InChI is InChI=1S/C19H25N3O2S/c1-5-8-9-12-22-13-20-17-15(18(22)23)14(4)16(25-17)19(24)21(10-6-2)11-7-3/h6-7,13H,2-3,5,8-12H2,1,4H3. The van der Waals surface area contributed by atoms with Crippen molar-refractivity contribution in [3.63, 3.8) is 0 Å². The molecule has 0 aliphatic carbocycles. The van der Waals surface area contributed by atoms with E-state index in [1.54, 1.807) is 27.9 Å². The highest BCUT2D eigenvalue weighted by Crippen LogP contribution is 2.28. The van der Waals surface area contributed by atoms with Gasteiger partial charge in [0.1, 0.15) is 4.83 Å². The molecule has 2 aromatic rings. The summed E-state index contributed by atoms with van der Waals surface area (Å²) < 4.78 is 1.65. The van der Waals surface area contributed by atoms with Gasteiger partial charge >= 0.3 is 0 Å². The molecule has 6 heteroatoms. The highest BCUT2D eigenvalue weighted by molar-refractivity contribution is 7.20. The lowest BCUT2D eigenvalue weighted by molar-refractivity contribution is 0.0795. The fourth-order valence-electron chi connectivity index (χ4n) is 2.75. The van der Waals surface area contributed by atoms with Gasteiger partial charge in [-0.1, -0.05) is 31.9 Å². The highest BCUT2D eigenvalue weighted by atomic mass is 32.1. The number of amides is 1. The Morgan fingerprint density at radius 1 is 1.32 bits per heavy atom. The van der Waals surface area contributed by atoms with Crippen LogP contribution in [-0.2, 0) is 6.54 Å². The van der Waals surface area contributed by atoms with Crippen LogP contribution < -0.4 is 5.56 Å². The second-order valence-electron chi connectivity index (χ2n) is 5.97. The molecular weight excluding hydrogens is 334 g/mol. The van der Waals surface area contributed by atoms with Crippen LogP contribution in [0.5, 0.6) is 0 Å². The fraction of sp³-hybridized carbons (Fsp3) is 0.421. The van der Waals surface area contributed by atoms with E-state index in [2.05, 4.69) is 25.1 Å². The number of hydrogen-bond donors (Lipinski definition) is 0. The SMILES string of the molecule is C=CCN(CC=C)C(=O)c1sc2ncn(CCCCC)c(=O)c2c1C. The van der Waals surface area contributed by atoms with E-state index in [-0.39, 0.29) is 11.5 Å². The molecule has 0 radical (unpaired) electrons. The van der Waals surface area contributed by atoms with Gasteiger partial charge in [0, 0.05) is 19.6 Å². The Morgan fingerprint density at radius 3 is 2.60 bits per heavy atom. The monoisotopic (exact) mass is 359 g/mol. The maximum atomic E-state index is 12.8. The van der Waals surface area contributed by atoms with Crippen molar-refractivity contribution in [1.29, 1.82) is 0 Å². The van der Waals surface area contributed by atoms with Crippen molar-refractivity contribution in [2.75, 3.05) is 13.1 Å². The van der Waals surface area contributed by atoms with Gasteiger partial charge < -0.3 is 4.90 Å². The van der Waals surface area contributed by atoms with E-state index >= 15 is 0 Å². The number of aromatic nitrogens is 2. The summed E-state index contributed by atoms with van der Waals surface area (Å²) in [6.07, 6.45) is 8.09. The summed E-state index contributed by atoms with van der Waals surface area (Å²) in [6, 6.07) is 0. The maximum Gasteiger partial charge on any atom is 0.264 e. The number of aryl methyl sites for hydroxylation is 2. The van der Waals surface area contributed by atoms with Crippen molar-refractivity contribution in [3.8, 4) is 0 Å². The summed E-state index contributed by atoms with van der Waals surface area (Å²) in [7, 11) is 0. The van der Waals surface area contributed by atoms with Crippen LogP contribution in [0.1, 0.15) is 41.4 Å². The minimum Gasteiger partial charge on any atom is -0.331 e. The summed E-state index contributed by atoms with van der Waals surface area (Å²) in [6.45, 7) is 12.9. The normalized spacial score (nSPS) is 10.8. The molecule has 0 fully saturated rings. The number of fused-ring (bicyclic) bond motifs is 1. The Bertz CT molecular complexity index is 825. The van der Waals surface area contributed by atoms with Gasteiger partial charge in [-0.05, 0) is 18.9 Å². The quantitative estimate of drug-likeness (QED) is 0.506. The van der Waals surface area contributed by atoms with Crippen LogP contribution in [0.4, 0.5) is 0 Å². The molecule has 25 heavy (non-hydrogen) atoms. The molecule has 0 atom stereocenters. The van der Waals surface area contributed by atoms with Crippen LogP contribution in [0.3, 0.4) is 0 Å². The molecular formula is C19H25N3O2S. The predicted molar refractivity (Wildman–Crippen MR) is 104 cm³/mol. The van der Waals surface area contributed by atoms with Crippen LogP contribution >= 0.6 is 11.3 Å². The van der Waals surface area contributed by atoms with Crippen molar-refractivity contribution in [3.05, 3.63) is 52.4 Å². The van der Waals surface area contributed by atoms with E-state index < -0.39 is 0 Å². The van der Waals surface area contributed by atoms with E-state index in [1.807, 2.05) is 6.92 Å². The van der Waals surface area contributed by atoms with Gasteiger partial charge in [-0.3, -0.25) is 14.2 Å². The highest BCUT2D eigenvalue weighted by Gasteiger charge is 2.22. The predicted octanol–water partition coefficient (Wildman–Crippen LogP) is 3.77. The first kappa shape index (κ1) is 19.1. The fourth-order valence-corrected chi connectivity index (χ4v) is 3.86. The smallest absolute Gasteiger partial charge is 0.264 e. The van der Waals surface area contributed by atoms with Crippen molar-refractivity contribution in [2.45, 2.75) is 39.7 Å². The average Bonchev–Trinajstić information content (AvgIpc) is 2.94. The van der Waals surface area contributed by atoms with Crippen LogP contribution in [0.25, 0.3) is 10.2 Å². The van der Waals surface area contributed by atoms with Crippen molar-refractivity contribution >= 4 is 27.5 Å². The van der Waals surface area contributed by atoms with Gasteiger partial charge in [0.05, 0.1) is 16.6 Å². The lowest BCUT2D eigenvalue weighted by Crippen LogP contribution is -2.31. The molecule has 2 aromatic heterocycles. The Morgan fingerprint density at radius 2 is 2.00 bits per heavy atom. The average molecular weight is 359 g/mol. The number of unbranched alkanes of at least 4 members (excludes halogenated alkanes) is 2. The van der Waals surface area contributed by atoms with Gasteiger partial charge in [-0.2, -0.15) is 0 Å². The molecule has 5 nitrogen and oxygen atoms in total. The first-order valence-electron chi connectivity index (χ1n) is 8.54. The number of hydrogen-bond acceptors (Lipinski definition) is 4. The zero-order valence-corrected chi connectivity index (χ0v) is 15.8. The molecule has 1 amide bonds. The zero-order chi connectivity index (χ0) is 18.4. The number of carbonyl (C=O) groups excluding carboxylic acids is 1. The largest absolute Gasteiger partial charge is 0.331 e. The minimum absolute atomic E-state index is 0.0621. The molecule has 0 N–H and O–H groups in total. The summed E-state index contributed by atoms with van der Waals surface area (Å²) in [5.41, 5.74) is 0.651. The topological polar surface area (TPSA) is 55.2 Å². The molecule has 0 bridgehead atoms. The molecule has 0 aliphatic rings. The van der Waals surface area contributed by atoms with Gasteiger partial charge in [-0.15, -0.1) is 24.5 Å². The van der Waals surface area contributed by atoms with E-state index in [0.29, 0.717) is 40.3 Å². The molecule has 134 valence electrons. The molecule has 2 heterocycles. The minimum atomic E-state index is -0.114. The number of thiophene rings is 1. The van der Waals surface area contributed by atoms with Gasteiger partial charge in [0.2, 0.25) is 0 Å². The Labute approximate surface area is 152 Å². The first-order chi connectivity index (χ1) is 12.0. The van der Waals surface area contributed by atoms with Crippen molar-refractivity contribution in [1.82, 2.24) is 14.5 Å². The second kappa shape index (κ2) is 8.76. The first-order valence-corrected chi connectivity index (χ1v) is 9.36. The number of rotatable bonds is 9. The third-order valence-electron chi connectivity index (χ3n) is 4.10. The van der Waals surface area contributed by atoms with Crippen LogP contribution in [0.15, 0.2) is 36.4 Å². The third kappa shape index (κ3) is 4.07. The van der Waals surface area contributed by atoms with Crippen LogP contribution in [-0.4, -0.2) is 33.4 Å². The lowest BCUT2D eigenvalue weighted by atomic mass is 10.2. The van der Waals surface area contributed by atoms with Crippen LogP contribution in [0.2, 0.25) is 0 Å². The third-order valence-corrected chi connectivity index (χ3v) is 5.29. The van der Waals surface area contributed by atoms with Gasteiger partial charge in [-0.25, -0.2) is 4.98 Å². The molecule has 0 aliphatic heterocycles. The summed E-state index contributed by atoms with van der Waals surface area (Å²) in [5, 5.41) is 0.560. The van der Waals surface area contributed by atoms with Crippen molar-refractivity contribution < 1.29 is 4.79 Å². The Kier molecular flexibility index (Phi) is 6.70. The zero-order valence-electron chi connectivity index (χ0n) is 15.0. The summed E-state index contributed by atoms with van der Waals surface area (Å²) in [4.78, 5) is 32.8. The maximum absolute atomic E-state index is 12.8. The van der Waals surface area contributed by atoms with E-state index in [4.69, 9.17) is 0 Å². The van der Waals surface area contributed by atoms with Gasteiger partial charge in [0.15, 0.2) is 0 Å². The molecule has 0 aromatic carbocycles. The number of carbonyl (C=O) groups is 1. The lowest BCUT2D eigenvalue weighted by Gasteiger charge is -2.18. The summed E-state index contributed by atoms with van der Waals surface area (Å²) >= 11 is 1.28. The van der Waals surface area contributed by atoms with E-state index in [1.165, 1.54) is 11.3 Å². The molecule has 2 rings (SSSR count). The van der Waals surface area contributed by atoms with E-state index in [9.17, 15) is 9.59 Å². The van der Waals surface area contributed by atoms with Crippen LogP contribution in [0, 0.1) is 6.92 Å². The number of nitrogens with zero attached hydrogens (tertiary/aromatic N) is 3. The molecule has 0 saturated heterocycles. The van der Waals surface area contributed by atoms with Gasteiger partial charge in [0.25, 0.3) is 11.5 Å². The Hall–Kier alpha value is -2.21. The molecule has 0 unspecified atom stereocenters. The second-order valence-corrected chi connectivity index (χ2v) is 6.97. The van der Waals surface area contributed by atoms with E-state index in [0.717, 1.165) is 19.3 Å². The molecule has 0 saturated carbocycles.